The van der Waals surface area contributed by atoms with E-state index in [1.54, 1.807) is 6.07 Å². The van der Waals surface area contributed by atoms with Gasteiger partial charge in [-0.25, -0.2) is 4.68 Å². The molecule has 2 N–H and O–H groups in total. The number of hydrogen-bond donors (Lipinski definition) is 2. The lowest BCUT2D eigenvalue weighted by atomic mass is 10.1. The Morgan fingerprint density at radius 2 is 1.66 bits per heavy atom. The summed E-state index contributed by atoms with van der Waals surface area (Å²) in [6.45, 7) is -0.0185. The van der Waals surface area contributed by atoms with E-state index in [0.29, 0.717) is 6.07 Å². The predicted molar refractivity (Wildman–Crippen MR) is 118 cm³/mol. The molecule has 38 heavy (non-hydrogen) atoms. The molecule has 3 rings (SSSR count). The van der Waals surface area contributed by atoms with Gasteiger partial charge in [-0.05, 0) is 35.9 Å². The van der Waals surface area contributed by atoms with Gasteiger partial charge in [0.2, 0.25) is 0 Å². The van der Waals surface area contributed by atoms with E-state index in [0.717, 1.165) is 43.5 Å². The van der Waals surface area contributed by atoms with Gasteiger partial charge in [0, 0.05) is 6.54 Å². The second-order valence-corrected chi connectivity index (χ2v) is 7.69. The summed E-state index contributed by atoms with van der Waals surface area (Å²) in [6, 6.07) is 6.68. The minimum Gasteiger partial charge on any atom is -0.496 e. The minimum absolute atomic E-state index is 0.0234. The Morgan fingerprint density at radius 1 is 1.03 bits per heavy atom. The van der Waals surface area contributed by atoms with Crippen LogP contribution in [-0.4, -0.2) is 40.5 Å². The van der Waals surface area contributed by atoms with Gasteiger partial charge >= 0.3 is 12.4 Å². The largest absolute Gasteiger partial charge is 0.496 e. The first-order valence-corrected chi connectivity index (χ1v) is 10.6. The lowest BCUT2D eigenvalue weighted by molar-refractivity contribution is -0.138. The van der Waals surface area contributed by atoms with Crippen molar-refractivity contribution in [3.63, 3.8) is 0 Å². The first kappa shape index (κ1) is 28.0. The second kappa shape index (κ2) is 11.2. The summed E-state index contributed by atoms with van der Waals surface area (Å²) in [4.78, 5) is 24.8. The summed E-state index contributed by atoms with van der Waals surface area (Å²) in [7, 11) is 1.13. The number of benzene rings is 2. The zero-order valence-corrected chi connectivity index (χ0v) is 19.4. The zero-order valence-electron chi connectivity index (χ0n) is 19.4. The molecule has 0 fully saturated rings. The molecular weight excluding hydrogens is 522 g/mol. The Labute approximate surface area is 211 Å². The van der Waals surface area contributed by atoms with Gasteiger partial charge in [-0.3, -0.25) is 9.59 Å². The van der Waals surface area contributed by atoms with Crippen molar-refractivity contribution in [2.45, 2.75) is 24.9 Å². The fraction of sp³-hybridized carbons (Fsp3) is 0.261. The molecule has 3 aromatic rings. The lowest BCUT2D eigenvalue weighted by Crippen LogP contribution is -2.28. The van der Waals surface area contributed by atoms with Gasteiger partial charge in [0.05, 0.1) is 42.6 Å². The standard InChI is InChI=1S/C23H18F6N6O3/c1-38-19-10-15(23(27,28)29)6-7-16(19)20(36)31-8-9-35-12-18(33-34-35)21(37)32-17(11-30)13-2-4-14(5-3-13)22(24,25)26/h2-7,10,12,17H,8-9H2,1H3,(H,31,36)(H,32,37). The zero-order chi connectivity index (χ0) is 28.1. The van der Waals surface area contributed by atoms with Crippen LogP contribution >= 0.6 is 0 Å². The molecule has 0 saturated heterocycles. The first-order valence-electron chi connectivity index (χ1n) is 10.6. The van der Waals surface area contributed by atoms with Gasteiger partial charge in [0.15, 0.2) is 5.69 Å². The van der Waals surface area contributed by atoms with E-state index < -0.39 is 41.3 Å². The molecule has 15 heteroatoms. The molecule has 9 nitrogen and oxygen atoms in total. The molecule has 0 radical (unpaired) electrons. The molecule has 0 aliphatic rings. The third kappa shape index (κ3) is 6.78. The Bertz CT molecular complexity index is 1350. The van der Waals surface area contributed by atoms with E-state index in [1.165, 1.54) is 10.9 Å². The quantitative estimate of drug-likeness (QED) is 0.420. The van der Waals surface area contributed by atoms with Gasteiger partial charge in [-0.2, -0.15) is 31.6 Å². The monoisotopic (exact) mass is 540 g/mol. The molecule has 0 saturated carbocycles. The summed E-state index contributed by atoms with van der Waals surface area (Å²) in [6.07, 6.45) is -7.95. The van der Waals surface area contributed by atoms with Crippen molar-refractivity contribution in [3.05, 3.63) is 76.6 Å². The number of carbonyl (C=O) groups is 2. The van der Waals surface area contributed by atoms with Gasteiger partial charge in [-0.1, -0.05) is 17.3 Å². The molecule has 0 aliphatic carbocycles. The van der Waals surface area contributed by atoms with E-state index in [9.17, 15) is 41.2 Å². The Balaban J connectivity index is 1.57. The van der Waals surface area contributed by atoms with Crippen LogP contribution in [0, 0.1) is 11.3 Å². The number of methoxy groups -OCH3 is 1. The molecule has 1 atom stereocenters. The van der Waals surface area contributed by atoms with Crippen LogP contribution in [0.1, 0.15) is 43.6 Å². The number of nitrogens with zero attached hydrogens (tertiary/aromatic N) is 4. The van der Waals surface area contributed by atoms with Crippen LogP contribution in [0.5, 0.6) is 5.75 Å². The molecular formula is C23H18F6N6O3. The summed E-state index contributed by atoms with van der Waals surface area (Å²) >= 11 is 0. The Kier molecular flexibility index (Phi) is 8.24. The maximum atomic E-state index is 12.9. The number of nitriles is 1. The van der Waals surface area contributed by atoms with Crippen LogP contribution in [-0.2, 0) is 18.9 Å². The molecule has 0 aliphatic heterocycles. The third-order valence-corrected chi connectivity index (χ3v) is 5.15. The fourth-order valence-corrected chi connectivity index (χ4v) is 3.21. The summed E-state index contributed by atoms with van der Waals surface area (Å²) in [5.74, 6) is -1.79. The number of nitrogens with one attached hydrogen (secondary N) is 2. The van der Waals surface area contributed by atoms with Gasteiger partial charge in [0.25, 0.3) is 11.8 Å². The second-order valence-electron chi connectivity index (χ2n) is 7.69. The number of amides is 2. The number of aromatic nitrogens is 3. The van der Waals surface area contributed by atoms with Crippen molar-refractivity contribution >= 4 is 11.8 Å². The van der Waals surface area contributed by atoms with E-state index >= 15 is 0 Å². The number of carbonyl (C=O) groups excluding carboxylic acids is 2. The fourth-order valence-electron chi connectivity index (χ4n) is 3.21. The highest BCUT2D eigenvalue weighted by atomic mass is 19.4. The lowest BCUT2D eigenvalue weighted by Gasteiger charge is -2.13. The van der Waals surface area contributed by atoms with Crippen LogP contribution in [0.25, 0.3) is 0 Å². The minimum atomic E-state index is -4.61. The van der Waals surface area contributed by atoms with Crippen LogP contribution in [0.4, 0.5) is 26.3 Å². The number of alkyl halides is 6. The topological polar surface area (TPSA) is 122 Å². The number of hydrogen-bond acceptors (Lipinski definition) is 6. The number of ether oxygens (including phenoxy) is 1. The average Bonchev–Trinajstić information content (AvgIpc) is 3.34. The maximum absolute atomic E-state index is 12.9. The van der Waals surface area contributed by atoms with E-state index in [4.69, 9.17) is 4.74 Å². The highest BCUT2D eigenvalue weighted by molar-refractivity contribution is 5.97. The molecule has 2 aromatic carbocycles. The van der Waals surface area contributed by atoms with Crippen LogP contribution in [0.2, 0.25) is 0 Å². The van der Waals surface area contributed by atoms with E-state index in [1.807, 2.05) is 0 Å². The Hall–Kier alpha value is -4.61. The average molecular weight is 540 g/mol. The summed E-state index contributed by atoms with van der Waals surface area (Å²) < 4.78 is 82.8. The van der Waals surface area contributed by atoms with Gasteiger partial charge < -0.3 is 15.4 Å². The van der Waals surface area contributed by atoms with E-state index in [2.05, 4.69) is 20.9 Å². The van der Waals surface area contributed by atoms with Crippen molar-refractivity contribution in [1.29, 1.82) is 5.26 Å². The molecule has 0 bridgehead atoms. The molecule has 1 heterocycles. The molecule has 1 aromatic heterocycles. The van der Waals surface area contributed by atoms with Crippen molar-refractivity contribution in [1.82, 2.24) is 25.6 Å². The number of halogens is 6. The maximum Gasteiger partial charge on any atom is 0.416 e. The van der Waals surface area contributed by atoms with Gasteiger partial charge in [-0.15, -0.1) is 5.10 Å². The predicted octanol–water partition coefficient (Wildman–Crippen LogP) is 3.75. The molecule has 0 spiro atoms. The molecule has 1 unspecified atom stereocenters. The van der Waals surface area contributed by atoms with Crippen molar-refractivity contribution in [3.8, 4) is 11.8 Å². The summed E-state index contributed by atoms with van der Waals surface area (Å²) in [5.41, 5.74) is -2.08. The number of rotatable bonds is 8. The van der Waals surface area contributed by atoms with Crippen molar-refractivity contribution < 1.29 is 40.7 Å². The normalized spacial score (nSPS) is 12.4. The van der Waals surface area contributed by atoms with Crippen molar-refractivity contribution in [2.24, 2.45) is 0 Å². The smallest absolute Gasteiger partial charge is 0.416 e. The van der Waals surface area contributed by atoms with Crippen molar-refractivity contribution in [2.75, 3.05) is 13.7 Å². The molecule has 2 amide bonds. The SMILES string of the molecule is COc1cc(C(F)(F)F)ccc1C(=O)NCCn1cc(C(=O)NC(C#N)c2ccc(C(F)(F)F)cc2)nn1. The first-order chi connectivity index (χ1) is 17.8. The Morgan fingerprint density at radius 3 is 2.24 bits per heavy atom. The van der Waals surface area contributed by atoms with Gasteiger partial charge in [0.1, 0.15) is 11.8 Å². The van der Waals surface area contributed by atoms with Crippen LogP contribution in [0.3, 0.4) is 0 Å². The summed E-state index contributed by atoms with van der Waals surface area (Å²) in [5, 5.41) is 21.5. The molecule has 200 valence electrons. The van der Waals surface area contributed by atoms with Crippen LogP contribution < -0.4 is 15.4 Å². The highest BCUT2D eigenvalue weighted by Crippen LogP contribution is 2.33. The third-order valence-electron chi connectivity index (χ3n) is 5.15. The van der Waals surface area contributed by atoms with Crippen LogP contribution in [0.15, 0.2) is 48.7 Å². The van der Waals surface area contributed by atoms with E-state index in [-0.39, 0.29) is 35.7 Å². The highest BCUT2D eigenvalue weighted by Gasteiger charge is 2.32.